The fourth-order valence-corrected chi connectivity index (χ4v) is 16.1. The molecule has 10 aromatic rings. The predicted octanol–water partition coefficient (Wildman–Crippen LogP) is 6.71. The fourth-order valence-electron chi connectivity index (χ4n) is 16.1. The molecule has 9 atom stereocenters. The number of piperidine rings is 4. The summed E-state index contributed by atoms with van der Waals surface area (Å²) in [5.41, 5.74) is -9.89. The zero-order valence-corrected chi connectivity index (χ0v) is 71.1. The summed E-state index contributed by atoms with van der Waals surface area (Å²) < 4.78 is 60.4. The lowest BCUT2D eigenvalue weighted by Crippen LogP contribution is -2.66. The first kappa shape index (κ1) is 97.3. The number of rotatable bonds is 21. The highest BCUT2D eigenvalue weighted by molar-refractivity contribution is 6.00. The average Bonchev–Trinajstić information content (AvgIpc) is 0.746. The molecule has 5 fully saturated rings. The summed E-state index contributed by atoms with van der Waals surface area (Å²) in [4.78, 5) is 160. The average molecular weight is 1950 g/mol. The number of ether oxygens (including phenoxy) is 11. The van der Waals surface area contributed by atoms with Gasteiger partial charge < -0.3 is 185 Å². The number of carbonyl (C=O) groups is 11. The molecule has 10 aromatic carbocycles. The summed E-state index contributed by atoms with van der Waals surface area (Å²) in [6, 6.07) is 9.97. The van der Waals surface area contributed by atoms with E-state index in [0.29, 0.717) is 133 Å². The smallest absolute Gasteiger partial charge is 0.343 e. The number of esters is 10. The largest absolute Gasteiger partial charge is 0.504 e. The Morgan fingerprint density at radius 1 is 0.286 bits per heavy atom. The van der Waals surface area contributed by atoms with Crippen molar-refractivity contribution >= 4 is 65.6 Å². The van der Waals surface area contributed by atoms with E-state index in [1.54, 1.807) is 0 Å². The molecular formula is C91H76N2O47. The number of fused-ring (bicyclic) bond motifs is 2. The standard InChI is InChI=1S/C76H52O46.C15H24N2O/c77-32-1-22(2-33(78)53(32)92)67(103)113-47-16-27(11-42(87)58(47)97)66(102)112-21-52-63(119-72(108)28-12-43(88)59(98)48(17-28)114-68(104)23-3-34(79)54(93)35(80)4-23)64(120-73(109)29-13-44(89)60(99)49(18-29)115-69(105)24-5-36(81)55(94)37(82)6-24)65(121-74(110)30-14-45(90)61(100)50(19-30)116-70(106)25-7-38(83)56(95)39(84)8-25)76(118-52)122-75(111)31-15-46(91)62(101)51(20-31)117-71(107)26-9-40(85)57(96)41(86)10-26;18-14-7-1-6-13-12-5-3-9-16-8-2-4-11(15(12)16)10-17(13)14/h1-20,52,63-65,76-101H,21H2;11-13,15H,1-10H2/t52-,63-,64+,65-,76+;11-,12+,13+,15-/m10/s1. The highest BCUT2D eigenvalue weighted by atomic mass is 16.8. The minimum Gasteiger partial charge on any atom is -0.504 e. The van der Waals surface area contributed by atoms with Gasteiger partial charge in [-0.1, -0.05) is 0 Å². The molecule has 0 aromatic heterocycles. The molecule has 49 nitrogen and oxygen atoms in total. The number of benzene rings is 10. The number of phenolic OH excluding ortho intramolecular Hbond substituents is 25. The van der Waals surface area contributed by atoms with Gasteiger partial charge in [-0.15, -0.1) is 0 Å². The lowest BCUT2D eigenvalue weighted by atomic mass is 9.68. The van der Waals surface area contributed by atoms with E-state index >= 15 is 14.4 Å². The SMILES string of the molecule is O=C(OC[C@H]1O[C@@H](OC(=O)c2cc(O)c(O)c(OC(=O)c3cc(O)c(O)c(O)c3)c2)[C@H](OC(=O)c2cc(O)c(O)c(OC(=O)c3cc(O)c(O)c(O)c3)c2)[C@@H](OC(=O)c2cc(O)c(O)c(OC(=O)c3cc(O)c(O)c(O)c3)c2)[C@@H]1OC(=O)c1cc(O)c(O)c(OC(=O)c2cc(O)c(O)c(O)c2)c1)c1cc(O)c(O)c(OC(=O)c2cc(O)c(O)c(O)c2)c1.O=C1CCC[C@@H]2[C@H]3CCCN4CCC[C@@H](CN12)[C@@H]34. The van der Waals surface area contributed by atoms with Gasteiger partial charge in [0.1, 0.15) is 12.7 Å². The monoisotopic (exact) mass is 1950 g/mol. The number of carbonyl (C=O) groups excluding carboxylic acids is 11. The number of phenols is 25. The van der Waals surface area contributed by atoms with Crippen molar-refractivity contribution in [1.82, 2.24) is 9.80 Å². The topological polar surface area (TPSA) is 802 Å². The highest BCUT2D eigenvalue weighted by Crippen LogP contribution is 2.50. The third-order valence-corrected chi connectivity index (χ3v) is 22.8. The minimum absolute atomic E-state index is 0.295. The normalized spacial score (nSPS) is 18.5. The van der Waals surface area contributed by atoms with Crippen molar-refractivity contribution in [3.05, 3.63) is 177 Å². The summed E-state index contributed by atoms with van der Waals surface area (Å²) in [7, 11) is 0. The lowest BCUT2D eigenvalue weighted by Gasteiger charge is -2.58. The van der Waals surface area contributed by atoms with E-state index in [4.69, 9.17) is 52.1 Å². The van der Waals surface area contributed by atoms with Crippen molar-refractivity contribution in [3.63, 3.8) is 0 Å². The molecule has 0 saturated carbocycles. The van der Waals surface area contributed by atoms with Crippen LogP contribution in [0.25, 0.3) is 0 Å². The summed E-state index contributed by atoms with van der Waals surface area (Å²) in [6.45, 7) is 2.00. The highest BCUT2D eigenvalue weighted by Gasteiger charge is 2.56. The molecule has 49 heteroatoms. The van der Waals surface area contributed by atoms with Gasteiger partial charge in [-0.25, -0.2) is 47.9 Å². The van der Waals surface area contributed by atoms with Crippen LogP contribution in [0.5, 0.6) is 172 Å². The van der Waals surface area contributed by atoms with Crippen LogP contribution in [0.1, 0.15) is 149 Å². The van der Waals surface area contributed by atoms with Crippen molar-refractivity contribution < 1.29 is 233 Å². The Bertz CT molecular complexity index is 6670. The second-order valence-electron chi connectivity index (χ2n) is 31.9. The molecular weight excluding hydrogens is 1870 g/mol. The van der Waals surface area contributed by atoms with Gasteiger partial charge in [0.2, 0.25) is 47.0 Å². The molecule has 25 N–H and O–H groups in total. The summed E-state index contributed by atoms with van der Waals surface area (Å²) in [5, 5.41) is 261. The molecule has 0 bridgehead atoms. The Kier molecular flexibility index (Phi) is 27.2. The molecule has 0 unspecified atom stereocenters. The molecule has 5 aliphatic rings. The number of aromatic hydroxyl groups is 25. The molecule has 5 heterocycles. The van der Waals surface area contributed by atoms with Crippen LogP contribution in [0.15, 0.2) is 121 Å². The lowest BCUT2D eigenvalue weighted by molar-refractivity contribution is -0.282. The van der Waals surface area contributed by atoms with E-state index in [-0.39, 0.29) is 0 Å². The Hall–Kier alpha value is -18.7. The first-order chi connectivity index (χ1) is 66.2. The third kappa shape index (κ3) is 20.1. The van der Waals surface area contributed by atoms with Crippen molar-refractivity contribution in [2.45, 2.75) is 87.7 Å². The van der Waals surface area contributed by atoms with Gasteiger partial charge >= 0.3 is 59.7 Å². The van der Waals surface area contributed by atoms with E-state index in [1.807, 2.05) is 0 Å². The molecule has 5 aliphatic heterocycles. The van der Waals surface area contributed by atoms with Gasteiger partial charge in [0.15, 0.2) is 156 Å². The first-order valence-corrected chi connectivity index (χ1v) is 41.1. The zero-order chi connectivity index (χ0) is 101. The van der Waals surface area contributed by atoms with E-state index in [0.717, 1.165) is 37.3 Å². The van der Waals surface area contributed by atoms with Crippen LogP contribution < -0.4 is 23.7 Å². The molecule has 0 spiro atoms. The van der Waals surface area contributed by atoms with Gasteiger partial charge in [-0.05, 0) is 185 Å². The van der Waals surface area contributed by atoms with Gasteiger partial charge in [0, 0.05) is 25.0 Å². The number of hydrogen-bond acceptors (Lipinski definition) is 48. The Balaban J connectivity index is 0.000000766. The van der Waals surface area contributed by atoms with Crippen LogP contribution in [-0.2, 0) is 33.2 Å². The quantitative estimate of drug-likeness (QED) is 0.0154. The van der Waals surface area contributed by atoms with E-state index < -0.39 is 325 Å². The van der Waals surface area contributed by atoms with E-state index in [1.165, 1.54) is 45.2 Å². The van der Waals surface area contributed by atoms with Crippen molar-refractivity contribution in [2.24, 2.45) is 11.8 Å². The minimum atomic E-state index is -3.12. The maximum Gasteiger partial charge on any atom is 0.343 e. The molecule has 140 heavy (non-hydrogen) atoms. The van der Waals surface area contributed by atoms with E-state index in [9.17, 15) is 166 Å². The maximum absolute atomic E-state index is 15.3. The van der Waals surface area contributed by atoms with Crippen LogP contribution in [-0.4, -0.2) is 272 Å². The number of nitrogens with zero attached hydrogens (tertiary/aromatic N) is 2. The van der Waals surface area contributed by atoms with Crippen molar-refractivity contribution in [2.75, 3.05) is 26.2 Å². The Morgan fingerprint density at radius 2 is 0.543 bits per heavy atom. The zero-order valence-electron chi connectivity index (χ0n) is 71.1. The molecule has 1 amide bonds. The molecule has 15 rings (SSSR count). The molecule has 732 valence electrons. The van der Waals surface area contributed by atoms with Crippen LogP contribution in [0.3, 0.4) is 0 Å². The molecule has 0 radical (unpaired) electrons. The number of hydrogen-bond donors (Lipinski definition) is 25. The van der Waals surface area contributed by atoms with Crippen molar-refractivity contribution in [3.8, 4) is 172 Å². The van der Waals surface area contributed by atoms with Gasteiger partial charge in [-0.2, -0.15) is 0 Å². The Labute approximate surface area is 780 Å². The summed E-state index contributed by atoms with van der Waals surface area (Å²) in [5.74, 6) is -53.9. The van der Waals surface area contributed by atoms with Gasteiger partial charge in [0.25, 0.3) is 0 Å². The summed E-state index contributed by atoms with van der Waals surface area (Å²) in [6.07, 6.45) is -6.41. The predicted molar refractivity (Wildman–Crippen MR) is 453 cm³/mol. The van der Waals surface area contributed by atoms with Gasteiger partial charge in [0.05, 0.1) is 55.6 Å². The number of amides is 1. The van der Waals surface area contributed by atoms with Crippen LogP contribution in [0.2, 0.25) is 0 Å². The van der Waals surface area contributed by atoms with Gasteiger partial charge in [-0.3, -0.25) is 9.69 Å². The first-order valence-electron chi connectivity index (χ1n) is 41.1. The Morgan fingerprint density at radius 3 is 0.850 bits per heavy atom. The van der Waals surface area contributed by atoms with Crippen LogP contribution in [0.4, 0.5) is 0 Å². The molecule has 0 aliphatic carbocycles. The summed E-state index contributed by atoms with van der Waals surface area (Å²) >= 11 is 0. The van der Waals surface area contributed by atoms with Crippen molar-refractivity contribution in [1.29, 1.82) is 0 Å². The molecule has 5 saturated heterocycles. The fraction of sp³-hybridized carbons (Fsp3) is 0.220. The van der Waals surface area contributed by atoms with Crippen LogP contribution >= 0.6 is 0 Å². The maximum atomic E-state index is 15.3. The van der Waals surface area contributed by atoms with Crippen LogP contribution in [0, 0.1) is 11.8 Å². The second kappa shape index (κ2) is 39.1. The van der Waals surface area contributed by atoms with E-state index in [2.05, 4.69) is 9.80 Å². The third-order valence-electron chi connectivity index (χ3n) is 22.8. The second-order valence-corrected chi connectivity index (χ2v) is 31.9.